The van der Waals surface area contributed by atoms with Crippen LogP contribution >= 0.6 is 46.5 Å². The van der Waals surface area contributed by atoms with Crippen LogP contribution in [0.4, 0.5) is 0 Å². The van der Waals surface area contributed by atoms with Crippen molar-refractivity contribution < 1.29 is 5.21 Å². The number of nitrogens with zero attached hydrogens (tertiary/aromatic N) is 4. The molecule has 2 heterocycles. The first kappa shape index (κ1) is 14.4. The number of hydrogen-bond acceptors (Lipinski definition) is 8. The van der Waals surface area contributed by atoms with Gasteiger partial charge >= 0.3 is 0 Å². The van der Waals surface area contributed by atoms with E-state index in [1.165, 1.54) is 41.1 Å². The van der Waals surface area contributed by atoms with E-state index in [1.807, 2.05) is 6.26 Å². The summed E-state index contributed by atoms with van der Waals surface area (Å²) in [5, 5.41) is 20.5. The lowest BCUT2D eigenvalue weighted by molar-refractivity contribution is 0.318. The highest BCUT2D eigenvalue weighted by atomic mass is 35.5. The molecule has 0 saturated carbocycles. The van der Waals surface area contributed by atoms with Crippen molar-refractivity contribution in [2.45, 2.75) is 13.7 Å². The van der Waals surface area contributed by atoms with Crippen LogP contribution < -0.4 is 5.73 Å². The summed E-state index contributed by atoms with van der Waals surface area (Å²) in [5.41, 5.74) is 5.96. The van der Waals surface area contributed by atoms with Crippen molar-refractivity contribution in [1.82, 2.24) is 15.2 Å². The Kier molecular flexibility index (Phi) is 4.86. The molecule has 0 spiro atoms. The van der Waals surface area contributed by atoms with Crippen LogP contribution in [-0.2, 0) is 0 Å². The maximum Gasteiger partial charge on any atom is 0.181 e. The number of pyridine rings is 1. The Morgan fingerprint density at radius 3 is 2.84 bits per heavy atom. The van der Waals surface area contributed by atoms with Gasteiger partial charge in [0.05, 0.1) is 5.02 Å². The number of amidine groups is 1. The second-order valence-corrected chi connectivity index (χ2v) is 6.75. The van der Waals surface area contributed by atoms with Gasteiger partial charge in [0, 0.05) is 11.8 Å². The Morgan fingerprint density at radius 1 is 1.47 bits per heavy atom. The van der Waals surface area contributed by atoms with Gasteiger partial charge in [0.1, 0.15) is 5.03 Å². The average molecular weight is 334 g/mol. The van der Waals surface area contributed by atoms with Gasteiger partial charge in [0.15, 0.2) is 14.5 Å². The molecular weight excluding hydrogens is 326 g/mol. The molecule has 0 unspecified atom stereocenters. The number of hydrogen-bond donors (Lipinski definition) is 2. The number of aromatic nitrogens is 3. The van der Waals surface area contributed by atoms with Crippen molar-refractivity contribution >= 4 is 52.3 Å². The normalized spacial score (nSPS) is 11.8. The number of halogens is 1. The molecule has 0 atom stereocenters. The quantitative estimate of drug-likeness (QED) is 0.292. The Hall–Kier alpha value is -1.03. The summed E-state index contributed by atoms with van der Waals surface area (Å²) in [6.07, 6.45) is 3.47. The van der Waals surface area contributed by atoms with E-state index in [-0.39, 0.29) is 5.84 Å². The van der Waals surface area contributed by atoms with Crippen molar-refractivity contribution in [2.24, 2.45) is 10.9 Å². The monoisotopic (exact) mass is 333 g/mol. The molecule has 2 aromatic heterocycles. The molecular formula is C9H8ClN5OS3. The fourth-order valence-electron chi connectivity index (χ4n) is 1.15. The van der Waals surface area contributed by atoms with Gasteiger partial charge in [-0.3, -0.25) is 0 Å². The molecule has 0 bridgehead atoms. The standard InChI is InChI=1S/C9H8ClN5OS3/c1-17-8-13-14-9(19-8)18-7-5(10)4(2-3-12-7)6(11)15-16/h2-3,16H,1H3,(H2,11,15). The lowest BCUT2D eigenvalue weighted by Crippen LogP contribution is -2.14. The van der Waals surface area contributed by atoms with Crippen LogP contribution in [0, 0.1) is 0 Å². The summed E-state index contributed by atoms with van der Waals surface area (Å²) in [6.45, 7) is 0. The number of rotatable bonds is 4. The molecule has 0 fully saturated rings. The zero-order valence-corrected chi connectivity index (χ0v) is 12.8. The Labute approximate surface area is 126 Å². The highest BCUT2D eigenvalue weighted by molar-refractivity contribution is 8.03. The van der Waals surface area contributed by atoms with Gasteiger partial charge in [-0.25, -0.2) is 4.98 Å². The minimum atomic E-state index is -0.0590. The molecule has 100 valence electrons. The molecule has 2 aromatic rings. The first-order chi connectivity index (χ1) is 9.15. The molecule has 0 saturated heterocycles. The molecule has 0 aliphatic heterocycles. The number of thioether (sulfide) groups is 1. The zero-order chi connectivity index (χ0) is 13.8. The molecule has 3 N–H and O–H groups in total. The SMILES string of the molecule is CSc1nnc(Sc2nccc(/C(N)=N/O)c2Cl)s1. The summed E-state index contributed by atoms with van der Waals surface area (Å²) in [5.74, 6) is -0.0590. The van der Waals surface area contributed by atoms with Crippen molar-refractivity contribution in [1.29, 1.82) is 0 Å². The fraction of sp³-hybridized carbons (Fsp3) is 0.111. The van der Waals surface area contributed by atoms with Crippen LogP contribution in [0.5, 0.6) is 0 Å². The first-order valence-corrected chi connectivity index (χ1v) is 8.07. The van der Waals surface area contributed by atoms with Gasteiger partial charge in [-0.1, -0.05) is 39.9 Å². The van der Waals surface area contributed by atoms with Gasteiger partial charge in [0.25, 0.3) is 0 Å². The zero-order valence-electron chi connectivity index (χ0n) is 9.57. The third-order valence-electron chi connectivity index (χ3n) is 1.99. The molecule has 0 aliphatic rings. The van der Waals surface area contributed by atoms with Gasteiger partial charge in [0.2, 0.25) is 0 Å². The Balaban J connectivity index is 2.30. The van der Waals surface area contributed by atoms with Crippen LogP contribution in [0.1, 0.15) is 5.56 Å². The van der Waals surface area contributed by atoms with Crippen LogP contribution in [-0.4, -0.2) is 32.5 Å². The fourth-order valence-corrected chi connectivity index (χ4v) is 3.84. The molecule has 6 nitrogen and oxygen atoms in total. The van der Waals surface area contributed by atoms with Gasteiger partial charge in [-0.05, 0) is 24.1 Å². The van der Waals surface area contributed by atoms with Gasteiger partial charge in [-0.15, -0.1) is 10.2 Å². The molecule has 0 aromatic carbocycles. The first-order valence-electron chi connectivity index (χ1n) is 4.83. The summed E-state index contributed by atoms with van der Waals surface area (Å²) < 4.78 is 1.60. The molecule has 0 aliphatic carbocycles. The second kappa shape index (κ2) is 6.42. The maximum atomic E-state index is 8.68. The maximum absolute atomic E-state index is 8.68. The number of nitrogens with two attached hydrogens (primary N) is 1. The Morgan fingerprint density at radius 2 is 2.21 bits per heavy atom. The van der Waals surface area contributed by atoms with Crippen molar-refractivity contribution in [2.75, 3.05) is 6.26 Å². The molecule has 2 rings (SSSR count). The average Bonchev–Trinajstić information content (AvgIpc) is 2.88. The summed E-state index contributed by atoms with van der Waals surface area (Å²) in [6, 6.07) is 1.58. The minimum Gasteiger partial charge on any atom is -0.409 e. The van der Waals surface area contributed by atoms with Crippen molar-refractivity contribution in [3.8, 4) is 0 Å². The van der Waals surface area contributed by atoms with E-state index in [9.17, 15) is 0 Å². The van der Waals surface area contributed by atoms with Crippen molar-refractivity contribution in [3.05, 3.63) is 22.8 Å². The topological polar surface area (TPSA) is 97.3 Å². The van der Waals surface area contributed by atoms with Crippen LogP contribution in [0.2, 0.25) is 5.02 Å². The summed E-state index contributed by atoms with van der Waals surface area (Å²) in [7, 11) is 0. The van der Waals surface area contributed by atoms with Crippen LogP contribution in [0.3, 0.4) is 0 Å². The molecule has 0 amide bonds. The molecule has 0 radical (unpaired) electrons. The molecule has 10 heteroatoms. The summed E-state index contributed by atoms with van der Waals surface area (Å²) in [4.78, 5) is 4.16. The van der Waals surface area contributed by atoms with E-state index in [4.69, 9.17) is 22.5 Å². The van der Waals surface area contributed by atoms with E-state index in [1.54, 1.807) is 6.07 Å². The van der Waals surface area contributed by atoms with E-state index in [0.29, 0.717) is 15.6 Å². The number of oxime groups is 1. The highest BCUT2D eigenvalue weighted by Crippen LogP contribution is 2.36. The largest absolute Gasteiger partial charge is 0.409 e. The van der Waals surface area contributed by atoms with E-state index < -0.39 is 0 Å². The van der Waals surface area contributed by atoms with E-state index in [2.05, 4.69) is 20.3 Å². The predicted octanol–water partition coefficient (Wildman–Crippen LogP) is 2.55. The Bertz CT molecular complexity index is 618. The van der Waals surface area contributed by atoms with Crippen molar-refractivity contribution in [3.63, 3.8) is 0 Å². The third-order valence-corrected chi connectivity index (χ3v) is 5.43. The van der Waals surface area contributed by atoms with Crippen LogP contribution in [0.15, 0.2) is 31.1 Å². The van der Waals surface area contributed by atoms with Gasteiger partial charge < -0.3 is 10.9 Å². The van der Waals surface area contributed by atoms with E-state index >= 15 is 0 Å². The second-order valence-electron chi connectivity index (χ2n) is 3.10. The molecule has 19 heavy (non-hydrogen) atoms. The smallest absolute Gasteiger partial charge is 0.181 e. The van der Waals surface area contributed by atoms with Gasteiger partial charge in [-0.2, -0.15) is 0 Å². The predicted molar refractivity (Wildman–Crippen MR) is 77.6 cm³/mol. The lowest BCUT2D eigenvalue weighted by atomic mass is 10.2. The van der Waals surface area contributed by atoms with E-state index in [0.717, 1.165) is 8.68 Å². The van der Waals surface area contributed by atoms with Crippen LogP contribution in [0.25, 0.3) is 0 Å². The summed E-state index contributed by atoms with van der Waals surface area (Å²) >= 11 is 10.4. The third kappa shape index (κ3) is 3.30. The lowest BCUT2D eigenvalue weighted by Gasteiger charge is -2.05. The highest BCUT2D eigenvalue weighted by Gasteiger charge is 2.14. The minimum absolute atomic E-state index is 0.0590.